The minimum atomic E-state index is -0.521. The molecule has 0 aliphatic carbocycles. The first-order valence-corrected chi connectivity index (χ1v) is 8.72. The standard InChI is InChI=1S/C19H29N3O3/c1-7-11-24-13-22-12-20-16-10-8-9-15(17(16)22)14(2)21(6)18(23)25-19(3,4)5/h8-10,12,14H,7,11,13H2,1-6H3. The number of imidazole rings is 1. The summed E-state index contributed by atoms with van der Waals surface area (Å²) < 4.78 is 13.1. The molecule has 6 nitrogen and oxygen atoms in total. The number of aromatic nitrogens is 2. The molecule has 0 aliphatic rings. The summed E-state index contributed by atoms with van der Waals surface area (Å²) in [5, 5.41) is 0. The second kappa shape index (κ2) is 7.87. The van der Waals surface area contributed by atoms with Crippen LogP contribution >= 0.6 is 0 Å². The first-order chi connectivity index (χ1) is 11.7. The molecular formula is C19H29N3O3. The van der Waals surface area contributed by atoms with Crippen molar-refractivity contribution in [2.24, 2.45) is 0 Å². The van der Waals surface area contributed by atoms with Crippen molar-refractivity contribution in [3.63, 3.8) is 0 Å². The maximum Gasteiger partial charge on any atom is 0.410 e. The minimum absolute atomic E-state index is 0.153. The number of rotatable bonds is 6. The topological polar surface area (TPSA) is 56.6 Å². The Morgan fingerprint density at radius 3 is 2.72 bits per heavy atom. The molecule has 1 aromatic carbocycles. The zero-order chi connectivity index (χ0) is 18.6. The van der Waals surface area contributed by atoms with E-state index in [2.05, 4.69) is 11.9 Å². The van der Waals surface area contributed by atoms with Crippen LogP contribution in [0, 0.1) is 0 Å². The van der Waals surface area contributed by atoms with Crippen molar-refractivity contribution in [3.8, 4) is 0 Å². The monoisotopic (exact) mass is 347 g/mol. The van der Waals surface area contributed by atoms with E-state index in [9.17, 15) is 4.79 Å². The number of para-hydroxylation sites is 1. The molecule has 0 fully saturated rings. The van der Waals surface area contributed by atoms with Crippen LogP contribution in [0.1, 0.15) is 52.6 Å². The average Bonchev–Trinajstić information content (AvgIpc) is 2.95. The summed E-state index contributed by atoms with van der Waals surface area (Å²) in [6.45, 7) is 10.8. The zero-order valence-corrected chi connectivity index (χ0v) is 16.1. The van der Waals surface area contributed by atoms with Crippen molar-refractivity contribution in [1.82, 2.24) is 14.5 Å². The van der Waals surface area contributed by atoms with E-state index in [4.69, 9.17) is 9.47 Å². The summed E-state index contributed by atoms with van der Waals surface area (Å²) in [4.78, 5) is 18.5. The average molecular weight is 347 g/mol. The molecular weight excluding hydrogens is 318 g/mol. The van der Waals surface area contributed by atoms with Crippen molar-refractivity contribution in [1.29, 1.82) is 0 Å². The van der Waals surface area contributed by atoms with E-state index in [0.29, 0.717) is 13.3 Å². The van der Waals surface area contributed by atoms with Crippen LogP contribution in [0.5, 0.6) is 0 Å². The summed E-state index contributed by atoms with van der Waals surface area (Å²) in [6.07, 6.45) is 2.41. The predicted molar refractivity (Wildman–Crippen MR) is 98.4 cm³/mol. The van der Waals surface area contributed by atoms with Crippen molar-refractivity contribution in [3.05, 3.63) is 30.1 Å². The summed E-state index contributed by atoms with van der Waals surface area (Å²) in [6, 6.07) is 5.79. The highest BCUT2D eigenvalue weighted by atomic mass is 16.6. The fourth-order valence-electron chi connectivity index (χ4n) is 2.60. The zero-order valence-electron chi connectivity index (χ0n) is 16.1. The first kappa shape index (κ1) is 19.2. The third kappa shape index (κ3) is 4.72. The van der Waals surface area contributed by atoms with Crippen molar-refractivity contribution >= 4 is 17.1 Å². The Bertz CT molecular complexity index is 718. The Morgan fingerprint density at radius 2 is 2.08 bits per heavy atom. The van der Waals surface area contributed by atoms with Gasteiger partial charge in [-0.25, -0.2) is 9.78 Å². The summed E-state index contributed by atoms with van der Waals surface area (Å²) in [7, 11) is 1.76. The fourth-order valence-corrected chi connectivity index (χ4v) is 2.60. The van der Waals surface area contributed by atoms with E-state index < -0.39 is 5.60 Å². The van der Waals surface area contributed by atoms with E-state index >= 15 is 0 Å². The Morgan fingerprint density at radius 1 is 1.36 bits per heavy atom. The maximum atomic E-state index is 12.4. The van der Waals surface area contributed by atoms with Gasteiger partial charge in [0.25, 0.3) is 0 Å². The second-order valence-corrected chi connectivity index (χ2v) is 7.23. The third-order valence-electron chi connectivity index (χ3n) is 3.96. The van der Waals surface area contributed by atoms with Gasteiger partial charge in [-0.1, -0.05) is 19.1 Å². The van der Waals surface area contributed by atoms with Crippen molar-refractivity contribution in [2.75, 3.05) is 13.7 Å². The summed E-state index contributed by atoms with van der Waals surface area (Å²) in [5.41, 5.74) is 2.37. The molecule has 0 saturated heterocycles. The highest BCUT2D eigenvalue weighted by molar-refractivity contribution is 5.80. The van der Waals surface area contributed by atoms with E-state index in [-0.39, 0.29) is 12.1 Å². The van der Waals surface area contributed by atoms with Gasteiger partial charge in [0.1, 0.15) is 12.3 Å². The van der Waals surface area contributed by atoms with Gasteiger partial charge < -0.3 is 18.9 Å². The van der Waals surface area contributed by atoms with Crippen LogP contribution in [0.15, 0.2) is 24.5 Å². The Balaban J connectivity index is 2.29. The molecule has 2 aromatic rings. The normalized spacial score (nSPS) is 13.0. The molecule has 0 radical (unpaired) electrons. The molecule has 138 valence electrons. The van der Waals surface area contributed by atoms with Gasteiger partial charge in [-0.15, -0.1) is 0 Å². The molecule has 1 heterocycles. The molecule has 0 bridgehead atoms. The van der Waals surface area contributed by atoms with E-state index in [1.807, 2.05) is 50.5 Å². The van der Waals surface area contributed by atoms with Crippen molar-refractivity contribution < 1.29 is 14.3 Å². The quantitative estimate of drug-likeness (QED) is 0.729. The van der Waals surface area contributed by atoms with Gasteiger partial charge in [-0.3, -0.25) is 0 Å². The van der Waals surface area contributed by atoms with Gasteiger partial charge in [0.15, 0.2) is 0 Å². The SMILES string of the molecule is CCCOCn1cnc2cccc(C(C)N(C)C(=O)OC(C)(C)C)c21. The summed E-state index contributed by atoms with van der Waals surface area (Å²) in [5.74, 6) is 0. The van der Waals surface area contributed by atoms with Crippen LogP contribution in [0.3, 0.4) is 0 Å². The molecule has 1 aromatic heterocycles. The number of carbonyl (C=O) groups excluding carboxylic acids is 1. The second-order valence-electron chi connectivity index (χ2n) is 7.23. The van der Waals surface area contributed by atoms with E-state index in [1.165, 1.54) is 0 Å². The number of hydrogen-bond acceptors (Lipinski definition) is 4. The van der Waals surface area contributed by atoms with Gasteiger partial charge >= 0.3 is 6.09 Å². The van der Waals surface area contributed by atoms with Gasteiger partial charge in [0, 0.05) is 19.2 Å². The molecule has 0 N–H and O–H groups in total. The highest BCUT2D eigenvalue weighted by Gasteiger charge is 2.25. The number of ether oxygens (including phenoxy) is 2. The lowest BCUT2D eigenvalue weighted by Gasteiger charge is -2.29. The first-order valence-electron chi connectivity index (χ1n) is 8.72. The van der Waals surface area contributed by atoms with Crippen LogP contribution in [0.25, 0.3) is 11.0 Å². The van der Waals surface area contributed by atoms with Crippen LogP contribution in [-0.2, 0) is 16.2 Å². The smallest absolute Gasteiger partial charge is 0.410 e. The maximum absolute atomic E-state index is 12.4. The van der Waals surface area contributed by atoms with E-state index in [1.54, 1.807) is 18.3 Å². The lowest BCUT2D eigenvalue weighted by molar-refractivity contribution is 0.0234. The molecule has 1 unspecified atom stereocenters. The molecule has 6 heteroatoms. The molecule has 2 rings (SSSR count). The lowest BCUT2D eigenvalue weighted by Crippen LogP contribution is -2.35. The predicted octanol–water partition coefficient (Wildman–Crippen LogP) is 4.35. The Kier molecular flexibility index (Phi) is 6.06. The molecule has 0 spiro atoms. The van der Waals surface area contributed by atoms with Crippen LogP contribution in [-0.4, -0.2) is 39.8 Å². The number of fused-ring (bicyclic) bond motifs is 1. The number of benzene rings is 1. The highest BCUT2D eigenvalue weighted by Crippen LogP contribution is 2.28. The van der Waals surface area contributed by atoms with Gasteiger partial charge in [0.2, 0.25) is 0 Å². The molecule has 0 saturated carbocycles. The number of amides is 1. The molecule has 1 amide bonds. The van der Waals surface area contributed by atoms with Gasteiger partial charge in [0.05, 0.1) is 23.4 Å². The Labute approximate surface area is 149 Å². The number of carbonyl (C=O) groups is 1. The van der Waals surface area contributed by atoms with Gasteiger partial charge in [-0.05, 0) is 40.2 Å². The third-order valence-corrected chi connectivity index (χ3v) is 3.96. The van der Waals surface area contributed by atoms with Crippen LogP contribution in [0.4, 0.5) is 4.79 Å². The van der Waals surface area contributed by atoms with Crippen LogP contribution in [0.2, 0.25) is 0 Å². The number of nitrogens with zero attached hydrogens (tertiary/aromatic N) is 3. The van der Waals surface area contributed by atoms with Gasteiger partial charge in [-0.2, -0.15) is 0 Å². The lowest BCUT2D eigenvalue weighted by atomic mass is 10.1. The van der Waals surface area contributed by atoms with Crippen molar-refractivity contribution in [2.45, 2.75) is 59.4 Å². The Hall–Kier alpha value is -2.08. The van der Waals surface area contributed by atoms with Crippen LogP contribution < -0.4 is 0 Å². The fraction of sp³-hybridized carbons (Fsp3) is 0.579. The molecule has 25 heavy (non-hydrogen) atoms. The minimum Gasteiger partial charge on any atom is -0.444 e. The van der Waals surface area contributed by atoms with E-state index in [0.717, 1.165) is 23.0 Å². The molecule has 1 atom stereocenters. The summed E-state index contributed by atoms with van der Waals surface area (Å²) >= 11 is 0. The molecule has 0 aliphatic heterocycles. The largest absolute Gasteiger partial charge is 0.444 e. The number of hydrogen-bond donors (Lipinski definition) is 0.